The number of nitrogens with two attached hydrogens (primary N) is 1. The first-order chi connectivity index (χ1) is 7.25. The molecular weight excluding hydrogens is 268 g/mol. The molecule has 0 saturated carbocycles. The molecule has 86 valence electrons. The molecule has 1 heterocycles. The molecular formula is C12H15BrN2O. The van der Waals surface area contributed by atoms with Crippen LogP contribution in [0, 0.1) is 0 Å². The standard InChI is InChI=1S/C12H14N2O.BrH/c13-12(15)6-8-14-7-5-10-3-1-2-4-11(10)9-14;/h1-4,9H,5-8H2,(H-,13,15);1H. The van der Waals surface area contributed by atoms with E-state index in [2.05, 4.69) is 29.0 Å². The first-order valence-corrected chi connectivity index (χ1v) is 5.21. The maximum Gasteiger partial charge on any atom is 0.223 e. The summed E-state index contributed by atoms with van der Waals surface area (Å²) in [4.78, 5) is 10.7. The van der Waals surface area contributed by atoms with Gasteiger partial charge in [0.1, 0.15) is 6.54 Å². The van der Waals surface area contributed by atoms with Gasteiger partial charge in [0.2, 0.25) is 5.91 Å². The lowest BCUT2D eigenvalue weighted by Gasteiger charge is -2.11. The summed E-state index contributed by atoms with van der Waals surface area (Å²) < 4.78 is 2.16. The van der Waals surface area contributed by atoms with Gasteiger partial charge in [0, 0.05) is 12.0 Å². The number of halogens is 1. The Bertz CT molecular complexity index is 415. The summed E-state index contributed by atoms with van der Waals surface area (Å²) in [6.45, 7) is 1.70. The van der Waals surface area contributed by atoms with Gasteiger partial charge in [-0.1, -0.05) is 18.2 Å². The molecule has 0 aromatic heterocycles. The number of carbonyl (C=O) groups is 1. The van der Waals surface area contributed by atoms with E-state index in [0.29, 0.717) is 6.42 Å². The first kappa shape index (κ1) is 12.9. The molecule has 0 fully saturated rings. The lowest BCUT2D eigenvalue weighted by molar-refractivity contribution is -0.522. The number of rotatable bonds is 3. The molecule has 1 aliphatic rings. The highest BCUT2D eigenvalue weighted by atomic mass is 79.9. The van der Waals surface area contributed by atoms with Crippen molar-refractivity contribution in [2.24, 2.45) is 5.73 Å². The summed E-state index contributed by atoms with van der Waals surface area (Å²) in [6, 6.07) is 8.35. The van der Waals surface area contributed by atoms with Gasteiger partial charge in [-0.05, 0) is 11.6 Å². The van der Waals surface area contributed by atoms with E-state index in [1.807, 2.05) is 6.07 Å². The van der Waals surface area contributed by atoms with Gasteiger partial charge < -0.3 is 22.7 Å². The lowest BCUT2D eigenvalue weighted by Crippen LogP contribution is -3.00. The van der Waals surface area contributed by atoms with Crippen LogP contribution in [0.25, 0.3) is 0 Å². The Balaban J connectivity index is 0.00000128. The van der Waals surface area contributed by atoms with Crippen LogP contribution in [-0.2, 0) is 11.2 Å². The number of amides is 1. The predicted molar refractivity (Wildman–Crippen MR) is 59.1 cm³/mol. The van der Waals surface area contributed by atoms with Crippen LogP contribution in [0.3, 0.4) is 0 Å². The van der Waals surface area contributed by atoms with Crippen molar-refractivity contribution in [3.63, 3.8) is 0 Å². The second-order valence-electron chi connectivity index (χ2n) is 3.83. The maximum absolute atomic E-state index is 10.7. The normalized spacial score (nSPS) is 13.4. The number of hydrogen-bond donors (Lipinski definition) is 1. The van der Waals surface area contributed by atoms with Crippen LogP contribution in [0.15, 0.2) is 24.3 Å². The van der Waals surface area contributed by atoms with E-state index >= 15 is 0 Å². The van der Waals surface area contributed by atoms with Crippen molar-refractivity contribution >= 4 is 12.1 Å². The molecule has 16 heavy (non-hydrogen) atoms. The van der Waals surface area contributed by atoms with Crippen LogP contribution in [0.1, 0.15) is 17.5 Å². The van der Waals surface area contributed by atoms with Crippen LogP contribution >= 0.6 is 0 Å². The van der Waals surface area contributed by atoms with Crippen molar-refractivity contribution in [2.45, 2.75) is 12.8 Å². The molecule has 0 aliphatic carbocycles. The van der Waals surface area contributed by atoms with Gasteiger partial charge in [-0.3, -0.25) is 4.79 Å². The summed E-state index contributed by atoms with van der Waals surface area (Å²) in [5.41, 5.74) is 7.76. The molecule has 0 atom stereocenters. The van der Waals surface area contributed by atoms with E-state index in [9.17, 15) is 4.79 Å². The van der Waals surface area contributed by atoms with E-state index in [-0.39, 0.29) is 22.9 Å². The zero-order valence-corrected chi connectivity index (χ0v) is 10.6. The molecule has 2 rings (SSSR count). The zero-order chi connectivity index (χ0) is 10.7. The topological polar surface area (TPSA) is 46.1 Å². The van der Waals surface area contributed by atoms with E-state index in [4.69, 9.17) is 5.73 Å². The van der Waals surface area contributed by atoms with Crippen LogP contribution < -0.4 is 22.7 Å². The minimum absolute atomic E-state index is 0. The summed E-state index contributed by atoms with van der Waals surface area (Å²) >= 11 is 0. The molecule has 1 aliphatic heterocycles. The average Bonchev–Trinajstić information content (AvgIpc) is 2.26. The molecule has 0 spiro atoms. The van der Waals surface area contributed by atoms with E-state index in [1.165, 1.54) is 11.1 Å². The lowest BCUT2D eigenvalue weighted by atomic mass is 10.0. The maximum atomic E-state index is 10.7. The number of hydrogen-bond acceptors (Lipinski definition) is 1. The molecule has 3 nitrogen and oxygen atoms in total. The average molecular weight is 283 g/mol. The number of primary amides is 1. The van der Waals surface area contributed by atoms with Gasteiger partial charge in [0.15, 0.2) is 12.8 Å². The summed E-state index contributed by atoms with van der Waals surface area (Å²) in [5.74, 6) is -0.234. The SMILES string of the molecule is NC(=O)CC[N+]1=Cc2ccccc2CC1.[Br-]. The smallest absolute Gasteiger partial charge is 0.223 e. The fourth-order valence-corrected chi connectivity index (χ4v) is 1.84. The summed E-state index contributed by atoms with van der Waals surface area (Å²) in [5, 5.41) is 0. The monoisotopic (exact) mass is 282 g/mol. The molecule has 1 aromatic carbocycles. The van der Waals surface area contributed by atoms with Crippen LogP contribution in [-0.4, -0.2) is 29.8 Å². The van der Waals surface area contributed by atoms with Gasteiger partial charge >= 0.3 is 0 Å². The van der Waals surface area contributed by atoms with E-state index in [0.717, 1.165) is 19.5 Å². The Labute approximate surface area is 106 Å². The van der Waals surface area contributed by atoms with E-state index < -0.39 is 0 Å². The van der Waals surface area contributed by atoms with E-state index in [1.54, 1.807) is 0 Å². The van der Waals surface area contributed by atoms with Crippen molar-refractivity contribution < 1.29 is 26.4 Å². The molecule has 0 radical (unpaired) electrons. The quantitative estimate of drug-likeness (QED) is 0.615. The van der Waals surface area contributed by atoms with Crippen molar-refractivity contribution in [2.75, 3.05) is 13.1 Å². The van der Waals surface area contributed by atoms with Gasteiger partial charge in [-0.15, -0.1) is 0 Å². The third-order valence-electron chi connectivity index (χ3n) is 2.69. The van der Waals surface area contributed by atoms with Crippen LogP contribution in [0.5, 0.6) is 0 Å². The third-order valence-corrected chi connectivity index (χ3v) is 2.69. The number of benzene rings is 1. The molecule has 2 N–H and O–H groups in total. The number of carbonyl (C=O) groups excluding carboxylic acids is 1. The number of fused-ring (bicyclic) bond motifs is 1. The Kier molecular flexibility index (Phi) is 4.68. The molecule has 1 amide bonds. The highest BCUT2D eigenvalue weighted by molar-refractivity contribution is 5.79. The predicted octanol–water partition coefficient (Wildman–Crippen LogP) is -2.45. The number of nitrogens with zero attached hydrogens (tertiary/aromatic N) is 1. The summed E-state index contributed by atoms with van der Waals surface area (Å²) in [7, 11) is 0. The minimum Gasteiger partial charge on any atom is -1.00 e. The molecule has 0 unspecified atom stereocenters. The zero-order valence-electron chi connectivity index (χ0n) is 9.03. The molecule has 0 saturated heterocycles. The fourth-order valence-electron chi connectivity index (χ4n) is 1.84. The van der Waals surface area contributed by atoms with Crippen molar-refractivity contribution in [3.8, 4) is 0 Å². The second-order valence-corrected chi connectivity index (χ2v) is 3.83. The third kappa shape index (κ3) is 3.17. The van der Waals surface area contributed by atoms with Crippen molar-refractivity contribution in [1.29, 1.82) is 0 Å². The Morgan fingerprint density at radius 3 is 2.88 bits per heavy atom. The molecule has 0 bridgehead atoms. The largest absolute Gasteiger partial charge is 1.00 e. The van der Waals surface area contributed by atoms with Crippen LogP contribution in [0.4, 0.5) is 0 Å². The Hall–Kier alpha value is -1.16. The van der Waals surface area contributed by atoms with Gasteiger partial charge in [-0.25, -0.2) is 4.58 Å². The highest BCUT2D eigenvalue weighted by Crippen LogP contribution is 2.10. The summed E-state index contributed by atoms with van der Waals surface area (Å²) in [6.07, 6.45) is 3.59. The van der Waals surface area contributed by atoms with Gasteiger partial charge in [0.25, 0.3) is 0 Å². The fraction of sp³-hybridized carbons (Fsp3) is 0.333. The van der Waals surface area contributed by atoms with Crippen molar-refractivity contribution in [3.05, 3.63) is 35.4 Å². The Morgan fingerprint density at radius 1 is 1.38 bits per heavy atom. The molecule has 4 heteroatoms. The van der Waals surface area contributed by atoms with Gasteiger partial charge in [-0.2, -0.15) is 0 Å². The molecule has 1 aromatic rings. The van der Waals surface area contributed by atoms with Gasteiger partial charge in [0.05, 0.1) is 6.42 Å². The second kappa shape index (κ2) is 5.80. The van der Waals surface area contributed by atoms with Crippen LogP contribution in [0.2, 0.25) is 0 Å². The van der Waals surface area contributed by atoms with Crippen molar-refractivity contribution in [1.82, 2.24) is 0 Å². The highest BCUT2D eigenvalue weighted by Gasteiger charge is 2.15. The minimum atomic E-state index is -0.234. The first-order valence-electron chi connectivity index (χ1n) is 5.21. The Morgan fingerprint density at radius 2 is 2.12 bits per heavy atom.